The summed E-state index contributed by atoms with van der Waals surface area (Å²) in [4.78, 5) is 21.3. The van der Waals surface area contributed by atoms with Gasteiger partial charge in [0.15, 0.2) is 5.12 Å². The molecule has 1 aromatic carbocycles. The second-order valence-electron chi connectivity index (χ2n) is 3.25. The van der Waals surface area contributed by atoms with Crippen LogP contribution in [0.15, 0.2) is 18.2 Å². The molecule has 4 heteroatoms. The number of carbonyl (C=O) groups is 2. The topological polar surface area (TPSA) is 34.1 Å². The van der Waals surface area contributed by atoms with E-state index in [0.29, 0.717) is 28.3 Å². The Hall–Kier alpha value is -1.24. The molecule has 0 radical (unpaired) electrons. The van der Waals surface area contributed by atoms with Crippen molar-refractivity contribution in [2.45, 2.75) is 13.3 Å². The van der Waals surface area contributed by atoms with Gasteiger partial charge in [-0.15, -0.1) is 0 Å². The molecule has 1 aromatic rings. The highest BCUT2D eigenvalue weighted by molar-refractivity contribution is 8.13. The standard InChI is InChI=1S/C13H11ClO2S/c1-10(16)17-7-3-2-4-12-8-11(9-15)5-6-13(12)14/h5-6,8-9H,3,7H2,1H3. The molecule has 0 aliphatic heterocycles. The first-order valence-corrected chi connectivity index (χ1v) is 6.37. The lowest BCUT2D eigenvalue weighted by atomic mass is 10.1. The van der Waals surface area contributed by atoms with E-state index in [9.17, 15) is 9.59 Å². The maximum absolute atomic E-state index is 10.7. The highest BCUT2D eigenvalue weighted by Crippen LogP contribution is 2.15. The second-order valence-corrected chi connectivity index (χ2v) is 4.93. The third-order valence-corrected chi connectivity index (χ3v) is 3.03. The highest BCUT2D eigenvalue weighted by Gasteiger charge is 1.98. The molecule has 0 fully saturated rings. The van der Waals surface area contributed by atoms with Gasteiger partial charge in [-0.1, -0.05) is 41.3 Å². The summed E-state index contributed by atoms with van der Waals surface area (Å²) >= 11 is 7.19. The van der Waals surface area contributed by atoms with Crippen molar-refractivity contribution in [3.63, 3.8) is 0 Å². The molecule has 0 saturated heterocycles. The van der Waals surface area contributed by atoms with E-state index in [1.165, 1.54) is 18.7 Å². The third-order valence-electron chi connectivity index (χ3n) is 1.88. The number of rotatable bonds is 3. The maximum atomic E-state index is 10.7. The summed E-state index contributed by atoms with van der Waals surface area (Å²) in [7, 11) is 0. The summed E-state index contributed by atoms with van der Waals surface area (Å²) in [5.74, 6) is 6.50. The van der Waals surface area contributed by atoms with Crippen molar-refractivity contribution in [3.05, 3.63) is 34.3 Å². The Morgan fingerprint density at radius 1 is 1.53 bits per heavy atom. The smallest absolute Gasteiger partial charge is 0.185 e. The summed E-state index contributed by atoms with van der Waals surface area (Å²) in [6.45, 7) is 1.53. The Balaban J connectivity index is 2.64. The number of carbonyl (C=O) groups excluding carboxylic acids is 2. The number of aldehydes is 1. The largest absolute Gasteiger partial charge is 0.298 e. The van der Waals surface area contributed by atoms with Crippen molar-refractivity contribution in [2.75, 3.05) is 5.75 Å². The minimum absolute atomic E-state index is 0.0905. The van der Waals surface area contributed by atoms with E-state index in [4.69, 9.17) is 11.6 Å². The van der Waals surface area contributed by atoms with Crippen LogP contribution in [0.3, 0.4) is 0 Å². The van der Waals surface area contributed by atoms with Gasteiger partial charge in [0.05, 0.1) is 5.02 Å². The molecule has 0 bridgehead atoms. The maximum Gasteiger partial charge on any atom is 0.185 e. The Morgan fingerprint density at radius 2 is 2.29 bits per heavy atom. The molecule has 0 aromatic heterocycles. The predicted molar refractivity (Wildman–Crippen MR) is 71.5 cm³/mol. The lowest BCUT2D eigenvalue weighted by molar-refractivity contribution is -0.109. The van der Waals surface area contributed by atoms with Gasteiger partial charge in [0.1, 0.15) is 6.29 Å². The van der Waals surface area contributed by atoms with Crippen molar-refractivity contribution >= 4 is 34.8 Å². The molecule has 88 valence electrons. The summed E-state index contributed by atoms with van der Waals surface area (Å²) < 4.78 is 0. The zero-order chi connectivity index (χ0) is 12.7. The molecule has 0 atom stereocenters. The van der Waals surface area contributed by atoms with Crippen LogP contribution < -0.4 is 0 Å². The van der Waals surface area contributed by atoms with E-state index >= 15 is 0 Å². The van der Waals surface area contributed by atoms with Crippen LogP contribution in [0.2, 0.25) is 5.02 Å². The van der Waals surface area contributed by atoms with Crippen LogP contribution in [-0.4, -0.2) is 17.2 Å². The van der Waals surface area contributed by atoms with Crippen LogP contribution in [0.5, 0.6) is 0 Å². The van der Waals surface area contributed by atoms with E-state index in [-0.39, 0.29) is 5.12 Å². The molecule has 0 unspecified atom stereocenters. The Morgan fingerprint density at radius 3 is 2.94 bits per heavy atom. The molecule has 0 saturated carbocycles. The summed E-state index contributed by atoms with van der Waals surface area (Å²) in [6.07, 6.45) is 1.37. The lowest BCUT2D eigenvalue weighted by Crippen LogP contribution is -1.85. The van der Waals surface area contributed by atoms with E-state index < -0.39 is 0 Å². The fourth-order valence-electron chi connectivity index (χ4n) is 1.12. The summed E-state index contributed by atoms with van der Waals surface area (Å²) in [6, 6.07) is 4.95. The quantitative estimate of drug-likeness (QED) is 0.479. The van der Waals surface area contributed by atoms with Gasteiger partial charge in [0.25, 0.3) is 0 Å². The van der Waals surface area contributed by atoms with Crippen molar-refractivity contribution in [3.8, 4) is 11.8 Å². The van der Waals surface area contributed by atoms with Crippen LogP contribution >= 0.6 is 23.4 Å². The Bertz CT molecular complexity index is 486. The average Bonchev–Trinajstić information content (AvgIpc) is 2.30. The minimum Gasteiger partial charge on any atom is -0.298 e. The first kappa shape index (κ1) is 13.8. The van der Waals surface area contributed by atoms with Crippen LogP contribution in [0, 0.1) is 11.8 Å². The van der Waals surface area contributed by atoms with Crippen LogP contribution in [0.25, 0.3) is 0 Å². The Kier molecular flexibility index (Phi) is 5.82. The first-order chi connectivity index (χ1) is 8.13. The van der Waals surface area contributed by atoms with Crippen molar-refractivity contribution in [2.24, 2.45) is 0 Å². The number of thioether (sulfide) groups is 1. The van der Waals surface area contributed by atoms with E-state index in [1.807, 2.05) is 0 Å². The first-order valence-electron chi connectivity index (χ1n) is 5.00. The molecule has 0 heterocycles. The van der Waals surface area contributed by atoms with Gasteiger partial charge in [-0.2, -0.15) is 0 Å². The summed E-state index contributed by atoms with van der Waals surface area (Å²) in [5, 5.41) is 0.620. The normalized spacial score (nSPS) is 9.29. The van der Waals surface area contributed by atoms with E-state index in [2.05, 4.69) is 11.8 Å². The lowest BCUT2D eigenvalue weighted by Gasteiger charge is -1.96. The number of hydrogen-bond donors (Lipinski definition) is 0. The SMILES string of the molecule is CC(=O)SCCC#Cc1cc(C=O)ccc1Cl. The molecular weight excluding hydrogens is 256 g/mol. The van der Waals surface area contributed by atoms with Crippen molar-refractivity contribution < 1.29 is 9.59 Å². The van der Waals surface area contributed by atoms with E-state index in [0.717, 1.165) is 6.29 Å². The van der Waals surface area contributed by atoms with Crippen LogP contribution in [0.1, 0.15) is 29.3 Å². The highest BCUT2D eigenvalue weighted by atomic mass is 35.5. The zero-order valence-electron chi connectivity index (χ0n) is 9.33. The van der Waals surface area contributed by atoms with Crippen LogP contribution in [-0.2, 0) is 4.79 Å². The number of hydrogen-bond acceptors (Lipinski definition) is 3. The van der Waals surface area contributed by atoms with Gasteiger partial charge in [-0.3, -0.25) is 9.59 Å². The average molecular weight is 267 g/mol. The van der Waals surface area contributed by atoms with Gasteiger partial charge in [0, 0.05) is 30.2 Å². The zero-order valence-corrected chi connectivity index (χ0v) is 10.9. The molecule has 0 aliphatic rings. The van der Waals surface area contributed by atoms with Gasteiger partial charge >= 0.3 is 0 Å². The summed E-state index contributed by atoms with van der Waals surface area (Å²) in [5.41, 5.74) is 1.20. The fourth-order valence-corrected chi connectivity index (χ4v) is 1.77. The van der Waals surface area contributed by atoms with E-state index in [1.54, 1.807) is 18.2 Å². The second kappa shape index (κ2) is 7.16. The van der Waals surface area contributed by atoms with Crippen LogP contribution in [0.4, 0.5) is 0 Å². The van der Waals surface area contributed by atoms with Gasteiger partial charge in [-0.25, -0.2) is 0 Å². The third kappa shape index (κ3) is 5.08. The molecule has 17 heavy (non-hydrogen) atoms. The molecule has 0 spiro atoms. The molecular formula is C13H11ClO2S. The van der Waals surface area contributed by atoms with Crippen molar-refractivity contribution in [1.82, 2.24) is 0 Å². The molecule has 2 nitrogen and oxygen atoms in total. The monoisotopic (exact) mass is 266 g/mol. The molecule has 0 N–H and O–H groups in total. The molecule has 1 rings (SSSR count). The number of benzene rings is 1. The number of halogens is 1. The Labute approximate surface area is 110 Å². The minimum atomic E-state index is 0.0905. The van der Waals surface area contributed by atoms with Gasteiger partial charge < -0.3 is 0 Å². The molecule has 0 aliphatic carbocycles. The molecule has 0 amide bonds. The van der Waals surface area contributed by atoms with Gasteiger partial charge in [0.2, 0.25) is 0 Å². The van der Waals surface area contributed by atoms with Crippen molar-refractivity contribution in [1.29, 1.82) is 0 Å². The van der Waals surface area contributed by atoms with Gasteiger partial charge in [-0.05, 0) is 12.1 Å². The fraction of sp³-hybridized carbons (Fsp3) is 0.231. The predicted octanol–water partition coefficient (Wildman–Crippen LogP) is 3.17.